The molecule has 0 spiro atoms. The highest BCUT2D eigenvalue weighted by atomic mass is 16.5. The van der Waals surface area contributed by atoms with E-state index >= 15 is 0 Å². The van der Waals surface area contributed by atoms with Crippen molar-refractivity contribution in [1.82, 2.24) is 4.90 Å². The number of amides is 1. The number of nitrogens with two attached hydrogens (primary N) is 1. The molecule has 0 aliphatic carbocycles. The molecule has 1 aliphatic rings. The minimum atomic E-state index is 0.155. The average Bonchev–Trinajstić information content (AvgIpc) is 2.91. The first-order valence-corrected chi connectivity index (χ1v) is 6.93. The number of benzene rings is 1. The Labute approximate surface area is 114 Å². The minimum absolute atomic E-state index is 0.155. The van der Waals surface area contributed by atoms with Gasteiger partial charge in [0.25, 0.3) is 0 Å². The van der Waals surface area contributed by atoms with E-state index in [2.05, 4.69) is 0 Å². The Hall–Kier alpha value is -1.55. The van der Waals surface area contributed by atoms with Gasteiger partial charge >= 0.3 is 0 Å². The van der Waals surface area contributed by atoms with Crippen LogP contribution in [0.4, 0.5) is 5.69 Å². The van der Waals surface area contributed by atoms with Crippen molar-refractivity contribution in [3.05, 3.63) is 29.8 Å². The van der Waals surface area contributed by atoms with Gasteiger partial charge in [0.15, 0.2) is 0 Å². The Bertz CT molecular complexity index is 411. The van der Waals surface area contributed by atoms with Crippen molar-refractivity contribution >= 4 is 11.6 Å². The second kappa shape index (κ2) is 6.57. The SMILES string of the molecule is CCN(CC1CCCO1)C(=O)Cc1ccc(N)cc1. The summed E-state index contributed by atoms with van der Waals surface area (Å²) >= 11 is 0. The van der Waals surface area contributed by atoms with Crippen molar-refractivity contribution in [2.24, 2.45) is 0 Å². The van der Waals surface area contributed by atoms with Gasteiger partial charge in [0.2, 0.25) is 5.91 Å². The Morgan fingerprint density at radius 1 is 1.42 bits per heavy atom. The molecule has 4 heteroatoms. The molecule has 1 fully saturated rings. The summed E-state index contributed by atoms with van der Waals surface area (Å²) in [6.45, 7) is 4.28. The zero-order chi connectivity index (χ0) is 13.7. The molecule has 0 saturated carbocycles. The molecule has 2 N–H and O–H groups in total. The fraction of sp³-hybridized carbons (Fsp3) is 0.533. The molecule has 1 aliphatic heterocycles. The average molecular weight is 262 g/mol. The van der Waals surface area contributed by atoms with E-state index < -0.39 is 0 Å². The number of hydrogen-bond donors (Lipinski definition) is 1. The highest BCUT2D eigenvalue weighted by Gasteiger charge is 2.21. The first-order chi connectivity index (χ1) is 9.19. The van der Waals surface area contributed by atoms with Crippen LogP contribution < -0.4 is 5.73 Å². The molecular formula is C15H22N2O2. The van der Waals surface area contributed by atoms with E-state index in [0.29, 0.717) is 13.0 Å². The summed E-state index contributed by atoms with van der Waals surface area (Å²) in [5, 5.41) is 0. The Morgan fingerprint density at radius 3 is 2.74 bits per heavy atom. The van der Waals surface area contributed by atoms with Crippen LogP contribution in [0.1, 0.15) is 25.3 Å². The maximum atomic E-state index is 12.3. The Balaban J connectivity index is 1.90. The number of carbonyl (C=O) groups is 1. The molecule has 0 aromatic heterocycles. The summed E-state index contributed by atoms with van der Waals surface area (Å²) in [4.78, 5) is 14.1. The molecule has 1 unspecified atom stereocenters. The lowest BCUT2D eigenvalue weighted by molar-refractivity contribution is -0.131. The van der Waals surface area contributed by atoms with Gasteiger partial charge in [-0.15, -0.1) is 0 Å². The van der Waals surface area contributed by atoms with Crippen LogP contribution in [0.25, 0.3) is 0 Å². The molecule has 1 heterocycles. The molecule has 19 heavy (non-hydrogen) atoms. The normalized spacial score (nSPS) is 18.5. The van der Waals surface area contributed by atoms with Gasteiger partial charge in [-0.2, -0.15) is 0 Å². The number of anilines is 1. The van der Waals surface area contributed by atoms with Gasteiger partial charge in [0, 0.05) is 25.4 Å². The smallest absolute Gasteiger partial charge is 0.227 e. The maximum Gasteiger partial charge on any atom is 0.227 e. The summed E-state index contributed by atoms with van der Waals surface area (Å²) in [5.41, 5.74) is 7.37. The quantitative estimate of drug-likeness (QED) is 0.824. The van der Waals surface area contributed by atoms with Crippen molar-refractivity contribution in [3.8, 4) is 0 Å². The van der Waals surface area contributed by atoms with Gasteiger partial charge in [-0.25, -0.2) is 0 Å². The molecule has 104 valence electrons. The third kappa shape index (κ3) is 3.96. The molecule has 1 amide bonds. The predicted octanol–water partition coefficient (Wildman–Crippen LogP) is 1.84. The number of ether oxygens (including phenoxy) is 1. The highest BCUT2D eigenvalue weighted by Crippen LogP contribution is 2.14. The fourth-order valence-corrected chi connectivity index (χ4v) is 2.36. The number of carbonyl (C=O) groups excluding carboxylic acids is 1. The molecule has 0 bridgehead atoms. The van der Waals surface area contributed by atoms with Crippen LogP contribution in [-0.2, 0) is 16.0 Å². The fourth-order valence-electron chi connectivity index (χ4n) is 2.36. The summed E-state index contributed by atoms with van der Waals surface area (Å²) in [7, 11) is 0. The molecular weight excluding hydrogens is 240 g/mol. The number of likely N-dealkylation sites (N-methyl/N-ethyl adjacent to an activating group) is 1. The van der Waals surface area contributed by atoms with Gasteiger partial charge < -0.3 is 15.4 Å². The lowest BCUT2D eigenvalue weighted by Gasteiger charge is -2.24. The van der Waals surface area contributed by atoms with Crippen LogP contribution in [0.2, 0.25) is 0 Å². The maximum absolute atomic E-state index is 12.3. The zero-order valence-electron chi connectivity index (χ0n) is 11.5. The van der Waals surface area contributed by atoms with E-state index in [1.807, 2.05) is 36.1 Å². The minimum Gasteiger partial charge on any atom is -0.399 e. The van der Waals surface area contributed by atoms with Crippen LogP contribution in [-0.4, -0.2) is 36.6 Å². The van der Waals surface area contributed by atoms with Crippen molar-refractivity contribution in [2.75, 3.05) is 25.4 Å². The van der Waals surface area contributed by atoms with Crippen LogP contribution in [0.3, 0.4) is 0 Å². The molecule has 1 aromatic carbocycles. The highest BCUT2D eigenvalue weighted by molar-refractivity contribution is 5.78. The second-order valence-electron chi connectivity index (χ2n) is 4.99. The molecule has 2 rings (SSSR count). The van der Waals surface area contributed by atoms with Gasteiger partial charge in [-0.3, -0.25) is 4.79 Å². The first-order valence-electron chi connectivity index (χ1n) is 6.93. The van der Waals surface area contributed by atoms with Crippen molar-refractivity contribution < 1.29 is 9.53 Å². The lowest BCUT2D eigenvalue weighted by atomic mass is 10.1. The van der Waals surface area contributed by atoms with E-state index in [1.54, 1.807) is 0 Å². The third-order valence-electron chi connectivity index (χ3n) is 3.52. The molecule has 1 saturated heterocycles. The molecule has 1 atom stereocenters. The van der Waals surface area contributed by atoms with Crippen molar-refractivity contribution in [2.45, 2.75) is 32.3 Å². The van der Waals surface area contributed by atoms with Crippen LogP contribution >= 0.6 is 0 Å². The second-order valence-corrected chi connectivity index (χ2v) is 4.99. The van der Waals surface area contributed by atoms with Crippen LogP contribution in [0.15, 0.2) is 24.3 Å². The number of nitrogens with zero attached hydrogens (tertiary/aromatic N) is 1. The van der Waals surface area contributed by atoms with E-state index in [-0.39, 0.29) is 12.0 Å². The van der Waals surface area contributed by atoms with E-state index in [0.717, 1.165) is 37.2 Å². The zero-order valence-corrected chi connectivity index (χ0v) is 11.5. The van der Waals surface area contributed by atoms with Gasteiger partial charge in [0.05, 0.1) is 12.5 Å². The van der Waals surface area contributed by atoms with E-state index in [4.69, 9.17) is 10.5 Å². The van der Waals surface area contributed by atoms with Gasteiger partial charge in [0.1, 0.15) is 0 Å². The van der Waals surface area contributed by atoms with Crippen molar-refractivity contribution in [1.29, 1.82) is 0 Å². The number of rotatable bonds is 5. The first kappa shape index (κ1) is 13.9. The molecule has 4 nitrogen and oxygen atoms in total. The van der Waals surface area contributed by atoms with Gasteiger partial charge in [-0.1, -0.05) is 12.1 Å². The van der Waals surface area contributed by atoms with Crippen LogP contribution in [0.5, 0.6) is 0 Å². The Morgan fingerprint density at radius 2 is 2.16 bits per heavy atom. The summed E-state index contributed by atoms with van der Waals surface area (Å²) in [5.74, 6) is 0.155. The largest absolute Gasteiger partial charge is 0.399 e. The predicted molar refractivity (Wildman–Crippen MR) is 75.8 cm³/mol. The van der Waals surface area contributed by atoms with Crippen LogP contribution in [0, 0.1) is 0 Å². The molecule has 1 aromatic rings. The summed E-state index contributed by atoms with van der Waals surface area (Å²) in [6.07, 6.45) is 2.82. The lowest BCUT2D eigenvalue weighted by Crippen LogP contribution is -2.38. The summed E-state index contributed by atoms with van der Waals surface area (Å²) in [6, 6.07) is 7.48. The number of nitrogen functional groups attached to an aromatic ring is 1. The van der Waals surface area contributed by atoms with Crippen molar-refractivity contribution in [3.63, 3.8) is 0 Å². The monoisotopic (exact) mass is 262 g/mol. The van der Waals surface area contributed by atoms with E-state index in [9.17, 15) is 4.79 Å². The summed E-state index contributed by atoms with van der Waals surface area (Å²) < 4.78 is 5.59. The van der Waals surface area contributed by atoms with E-state index in [1.165, 1.54) is 0 Å². The Kier molecular flexibility index (Phi) is 4.80. The molecule has 0 radical (unpaired) electrons. The topological polar surface area (TPSA) is 55.6 Å². The van der Waals surface area contributed by atoms with Gasteiger partial charge in [-0.05, 0) is 37.5 Å². The number of hydrogen-bond acceptors (Lipinski definition) is 3. The standard InChI is InChI=1S/C15H22N2O2/c1-2-17(11-14-4-3-9-19-14)15(18)10-12-5-7-13(16)8-6-12/h5-8,14H,2-4,9-11,16H2,1H3. The third-order valence-corrected chi connectivity index (χ3v) is 3.52.